The summed E-state index contributed by atoms with van der Waals surface area (Å²) in [4.78, 5) is 97.1. The van der Waals surface area contributed by atoms with Crippen LogP contribution in [0.5, 0.6) is 0 Å². The van der Waals surface area contributed by atoms with Crippen LogP contribution in [-0.2, 0) is 44.6 Å². The van der Waals surface area contributed by atoms with E-state index in [4.69, 9.17) is 25.8 Å². The van der Waals surface area contributed by atoms with Crippen molar-refractivity contribution in [2.45, 2.75) is 123 Å². The number of carbonyl (C=O) groups is 7. The summed E-state index contributed by atoms with van der Waals surface area (Å²) in [6.07, 6.45) is -2.34. The lowest BCUT2D eigenvalue weighted by atomic mass is 10.0. The molecular weight excluding hydrogens is 885 g/mol. The molecule has 15 nitrogen and oxygen atoms in total. The third-order valence-electron chi connectivity index (χ3n) is 9.67. The van der Waals surface area contributed by atoms with Crippen molar-refractivity contribution in [1.29, 1.82) is 0 Å². The highest BCUT2D eigenvalue weighted by Crippen LogP contribution is 2.26. The van der Waals surface area contributed by atoms with Crippen LogP contribution in [0.15, 0.2) is 91.0 Å². The van der Waals surface area contributed by atoms with Crippen molar-refractivity contribution in [3.8, 4) is 0 Å². The average molecular weight is 942 g/mol. The predicted octanol–water partition coefficient (Wildman–Crippen LogP) is 8.17. The van der Waals surface area contributed by atoms with Gasteiger partial charge >= 0.3 is 18.0 Å². The third kappa shape index (κ3) is 15.4. The number of halogens is 2. The van der Waals surface area contributed by atoms with Crippen LogP contribution in [-0.4, -0.2) is 81.2 Å². The van der Waals surface area contributed by atoms with Gasteiger partial charge in [0.15, 0.2) is 0 Å². The second kappa shape index (κ2) is 21.2. The molecule has 0 aliphatic rings. The topological polar surface area (TPSA) is 200 Å². The summed E-state index contributed by atoms with van der Waals surface area (Å²) in [6, 6.07) is 19.3. The van der Waals surface area contributed by atoms with Gasteiger partial charge in [-0.1, -0.05) is 54.1 Å². The number of ether oxygens (including phenoxy) is 3. The number of amides is 4. The second-order valence-electron chi connectivity index (χ2n) is 19.0. The Morgan fingerprint density at radius 2 is 1.21 bits per heavy atom. The highest BCUT2D eigenvalue weighted by molar-refractivity contribution is 6.31. The molecule has 0 radical (unpaired) electrons. The lowest BCUT2D eigenvalue weighted by Gasteiger charge is -2.27. The fraction of sp³-hybridized carbons (Fsp3) is 0.380. The molecule has 0 aliphatic heterocycles. The van der Waals surface area contributed by atoms with Crippen molar-refractivity contribution in [3.63, 3.8) is 0 Å². The van der Waals surface area contributed by atoms with Crippen molar-refractivity contribution >= 4 is 80.6 Å². The number of aromatic nitrogens is 1. The molecule has 4 amide bonds. The van der Waals surface area contributed by atoms with E-state index in [-0.39, 0.29) is 30.6 Å². The van der Waals surface area contributed by atoms with E-state index in [1.165, 1.54) is 18.2 Å². The highest BCUT2D eigenvalue weighted by Gasteiger charge is 2.35. The first-order valence-corrected chi connectivity index (χ1v) is 22.0. The van der Waals surface area contributed by atoms with E-state index in [2.05, 4.69) is 21.3 Å². The molecular formula is C50H57ClFN5O10. The molecule has 0 aliphatic carbocycles. The number of benzene rings is 4. The van der Waals surface area contributed by atoms with Gasteiger partial charge in [-0.15, -0.1) is 0 Å². The molecule has 0 bridgehead atoms. The van der Waals surface area contributed by atoms with Crippen molar-refractivity contribution in [3.05, 3.63) is 113 Å². The van der Waals surface area contributed by atoms with E-state index in [0.29, 0.717) is 21.5 Å². The van der Waals surface area contributed by atoms with E-state index < -0.39 is 88.8 Å². The van der Waals surface area contributed by atoms with E-state index in [9.17, 15) is 38.0 Å². The van der Waals surface area contributed by atoms with Gasteiger partial charge in [-0.25, -0.2) is 13.8 Å². The van der Waals surface area contributed by atoms with Gasteiger partial charge in [0.1, 0.15) is 46.4 Å². The first kappa shape index (κ1) is 51.2. The summed E-state index contributed by atoms with van der Waals surface area (Å²) in [5, 5.41) is 13.0. The van der Waals surface area contributed by atoms with Crippen LogP contribution < -0.4 is 21.3 Å². The molecule has 5 rings (SSSR count). The molecule has 17 heteroatoms. The Bertz CT molecular complexity index is 2660. The highest BCUT2D eigenvalue weighted by atomic mass is 35.5. The minimum Gasteiger partial charge on any atom is -0.460 e. The molecule has 4 N–H and O–H groups in total. The van der Waals surface area contributed by atoms with E-state index in [0.717, 1.165) is 27.5 Å². The normalized spacial score (nSPS) is 13.2. The monoisotopic (exact) mass is 941 g/mol. The molecule has 0 unspecified atom stereocenters. The number of nitrogens with one attached hydrogen (secondary N) is 4. The SMILES string of the molecule is CC(C)(C)OC(=O)CC[C@H](NC(=O)[C@H](CC(=O)OC(C)(C)C)NC(=O)[C@H](Cc1ccc2ccccc2c1)NC(=O)c1cc2cc(Cl)ccc2n1C(=O)OC(C)(C)C)C(=O)Nc1ccc(F)cc1. The smallest absolute Gasteiger partial charge is 0.419 e. The van der Waals surface area contributed by atoms with Gasteiger partial charge in [-0.05, 0) is 134 Å². The zero-order chi connectivity index (χ0) is 49.4. The van der Waals surface area contributed by atoms with Crippen molar-refractivity contribution in [2.24, 2.45) is 0 Å². The molecule has 5 aromatic rings. The van der Waals surface area contributed by atoms with E-state index in [1.807, 2.05) is 36.4 Å². The molecule has 1 aromatic heterocycles. The summed E-state index contributed by atoms with van der Waals surface area (Å²) in [5.74, 6) is -5.71. The number of hydrogen-bond donors (Lipinski definition) is 4. The molecule has 1 heterocycles. The largest absolute Gasteiger partial charge is 0.460 e. The molecule has 0 saturated heterocycles. The Labute approximate surface area is 393 Å². The maximum Gasteiger partial charge on any atom is 0.419 e. The molecule has 356 valence electrons. The maximum absolute atomic E-state index is 14.7. The first-order valence-electron chi connectivity index (χ1n) is 21.7. The Kier molecular flexibility index (Phi) is 16.2. The van der Waals surface area contributed by atoms with E-state index >= 15 is 0 Å². The Hall–Kier alpha value is -6.81. The number of carbonyl (C=O) groups excluding carboxylic acids is 7. The summed E-state index contributed by atoms with van der Waals surface area (Å²) < 4.78 is 31.4. The molecule has 0 fully saturated rings. The number of esters is 2. The first-order chi connectivity index (χ1) is 31.2. The maximum atomic E-state index is 14.7. The van der Waals surface area contributed by atoms with Crippen LogP contribution in [0.3, 0.4) is 0 Å². The van der Waals surface area contributed by atoms with Crippen LogP contribution in [0, 0.1) is 5.82 Å². The summed E-state index contributed by atoms with van der Waals surface area (Å²) in [7, 11) is 0. The van der Waals surface area contributed by atoms with Crippen LogP contribution in [0.25, 0.3) is 21.7 Å². The third-order valence-corrected chi connectivity index (χ3v) is 9.91. The van der Waals surface area contributed by atoms with Crippen molar-refractivity contribution in [1.82, 2.24) is 20.5 Å². The fourth-order valence-corrected chi connectivity index (χ4v) is 7.07. The number of anilines is 1. The van der Waals surface area contributed by atoms with Gasteiger partial charge in [0, 0.05) is 28.9 Å². The molecule has 4 aromatic carbocycles. The lowest BCUT2D eigenvalue weighted by Crippen LogP contribution is -2.57. The van der Waals surface area contributed by atoms with E-state index in [1.54, 1.807) is 86.6 Å². The summed E-state index contributed by atoms with van der Waals surface area (Å²) >= 11 is 6.29. The minimum absolute atomic E-state index is 0.139. The standard InChI is InChI=1S/C50H57ClFN5O10/c1-48(2,3)65-41(58)23-21-36(43(60)53-35-19-17-34(52)18-20-35)54-45(62)38(28-42(59)66-49(4,5)6)55-44(61)37(25-29-14-15-30-12-10-11-13-31(30)24-29)56-46(63)40-27-32-26-33(51)16-22-39(32)57(40)47(64)67-50(7,8)9/h10-20,22,24,26-27,36-38H,21,23,25,28H2,1-9H3,(H,53,60)(H,54,62)(H,55,61)(H,56,63)/t36-,37-,38-/m0/s1. The minimum atomic E-state index is -1.71. The second-order valence-corrected chi connectivity index (χ2v) is 19.4. The molecule has 0 spiro atoms. The predicted molar refractivity (Wildman–Crippen MR) is 252 cm³/mol. The zero-order valence-electron chi connectivity index (χ0n) is 39.0. The fourth-order valence-electron chi connectivity index (χ4n) is 6.89. The number of hydrogen-bond acceptors (Lipinski definition) is 10. The van der Waals surface area contributed by atoms with Gasteiger partial charge in [0.2, 0.25) is 17.7 Å². The van der Waals surface area contributed by atoms with Crippen LogP contribution in [0.4, 0.5) is 14.9 Å². The van der Waals surface area contributed by atoms with Gasteiger partial charge in [-0.2, -0.15) is 0 Å². The van der Waals surface area contributed by atoms with Gasteiger partial charge in [0.25, 0.3) is 5.91 Å². The number of rotatable bonds is 15. The van der Waals surface area contributed by atoms with Crippen LogP contribution in [0.1, 0.15) is 97.6 Å². The lowest BCUT2D eigenvalue weighted by molar-refractivity contribution is -0.156. The number of fused-ring (bicyclic) bond motifs is 2. The zero-order valence-corrected chi connectivity index (χ0v) is 39.8. The van der Waals surface area contributed by atoms with Gasteiger partial charge in [0.05, 0.1) is 11.9 Å². The summed E-state index contributed by atoms with van der Waals surface area (Å²) in [5.41, 5.74) is -1.91. The molecule has 3 atom stereocenters. The average Bonchev–Trinajstić information content (AvgIpc) is 3.59. The van der Waals surface area contributed by atoms with Gasteiger partial charge in [-0.3, -0.25) is 28.8 Å². The van der Waals surface area contributed by atoms with Crippen LogP contribution >= 0.6 is 11.6 Å². The molecule has 67 heavy (non-hydrogen) atoms. The summed E-state index contributed by atoms with van der Waals surface area (Å²) in [6.45, 7) is 14.9. The molecule has 0 saturated carbocycles. The van der Waals surface area contributed by atoms with Crippen LogP contribution in [0.2, 0.25) is 5.02 Å². The van der Waals surface area contributed by atoms with Crippen molar-refractivity contribution < 1.29 is 52.2 Å². The van der Waals surface area contributed by atoms with Crippen molar-refractivity contribution in [2.75, 3.05) is 5.32 Å². The Balaban J connectivity index is 1.51. The Morgan fingerprint density at radius 1 is 0.612 bits per heavy atom. The van der Waals surface area contributed by atoms with Gasteiger partial charge < -0.3 is 35.5 Å². The number of nitrogens with zero attached hydrogens (tertiary/aromatic N) is 1. The Morgan fingerprint density at radius 3 is 1.85 bits per heavy atom. The quantitative estimate of drug-likeness (QED) is 0.0586.